The molecule has 1 N–H and O–H groups in total. The molecule has 0 fully saturated rings. The molecule has 8 heteroatoms. The molecule has 2 aromatic carbocycles. The lowest BCUT2D eigenvalue weighted by Gasteiger charge is -2.23. The summed E-state index contributed by atoms with van der Waals surface area (Å²) in [4.78, 5) is 12.4. The van der Waals surface area contributed by atoms with E-state index in [1.165, 1.54) is 4.31 Å². The molecule has 1 atom stereocenters. The van der Waals surface area contributed by atoms with Gasteiger partial charge in [0.15, 0.2) is 0 Å². The monoisotopic (exact) mass is 434 g/mol. The van der Waals surface area contributed by atoms with Gasteiger partial charge in [0.25, 0.3) is 0 Å². The Kier molecular flexibility index (Phi) is 8.53. The molecule has 0 aliphatic carbocycles. The highest BCUT2D eigenvalue weighted by Crippen LogP contribution is 2.23. The number of amides is 1. The Morgan fingerprint density at radius 1 is 1.00 bits per heavy atom. The molecule has 0 spiro atoms. The highest BCUT2D eigenvalue weighted by molar-refractivity contribution is 7.92. The second kappa shape index (κ2) is 10.9. The molecule has 1 unspecified atom stereocenters. The smallest absolute Gasteiger partial charge is 0.232 e. The number of rotatable bonds is 11. The van der Waals surface area contributed by atoms with E-state index in [4.69, 9.17) is 9.47 Å². The van der Waals surface area contributed by atoms with Crippen LogP contribution in [0.15, 0.2) is 48.5 Å². The maximum Gasteiger partial charge on any atom is 0.232 e. The van der Waals surface area contributed by atoms with Crippen LogP contribution in [0.4, 0.5) is 5.69 Å². The number of hydrogen-bond donors (Lipinski definition) is 1. The molecule has 0 aromatic heterocycles. The molecule has 0 aliphatic heterocycles. The van der Waals surface area contributed by atoms with Crippen molar-refractivity contribution >= 4 is 21.6 Å². The summed E-state index contributed by atoms with van der Waals surface area (Å²) < 4.78 is 36.0. The van der Waals surface area contributed by atoms with Crippen molar-refractivity contribution in [2.24, 2.45) is 0 Å². The van der Waals surface area contributed by atoms with Gasteiger partial charge >= 0.3 is 0 Å². The van der Waals surface area contributed by atoms with Gasteiger partial charge in [-0.05, 0) is 54.8 Å². The van der Waals surface area contributed by atoms with Crippen molar-refractivity contribution in [2.45, 2.75) is 32.2 Å². The van der Waals surface area contributed by atoms with Crippen molar-refractivity contribution in [1.29, 1.82) is 0 Å². The van der Waals surface area contributed by atoms with E-state index < -0.39 is 10.0 Å². The topological polar surface area (TPSA) is 84.9 Å². The normalized spacial score (nSPS) is 12.1. The molecule has 2 rings (SSSR count). The Hall–Kier alpha value is -2.74. The summed E-state index contributed by atoms with van der Waals surface area (Å²) in [5.74, 6) is 1.30. The van der Waals surface area contributed by atoms with Crippen LogP contribution in [-0.4, -0.2) is 41.3 Å². The van der Waals surface area contributed by atoms with E-state index in [1.807, 2.05) is 31.2 Å². The van der Waals surface area contributed by atoms with Crippen LogP contribution in [0.3, 0.4) is 0 Å². The third kappa shape index (κ3) is 6.66. The second-order valence-electron chi connectivity index (χ2n) is 6.94. The van der Waals surface area contributed by atoms with Crippen LogP contribution in [0.1, 0.15) is 37.8 Å². The highest BCUT2D eigenvalue weighted by atomic mass is 32.2. The van der Waals surface area contributed by atoms with Gasteiger partial charge in [0.1, 0.15) is 11.5 Å². The number of hydrogen-bond acceptors (Lipinski definition) is 5. The third-order valence-corrected chi connectivity index (χ3v) is 5.98. The van der Waals surface area contributed by atoms with Gasteiger partial charge in [-0.2, -0.15) is 0 Å². The van der Waals surface area contributed by atoms with Crippen LogP contribution in [-0.2, 0) is 14.8 Å². The van der Waals surface area contributed by atoms with E-state index >= 15 is 0 Å². The summed E-state index contributed by atoms with van der Waals surface area (Å²) in [6, 6.07) is 14.3. The number of ether oxygens (including phenoxy) is 2. The SMILES string of the molecule is CCC(NC(=O)CCCN(c1ccc(OC)cc1)S(C)(=O)=O)c1ccc(OC)cc1. The van der Waals surface area contributed by atoms with E-state index in [1.54, 1.807) is 38.5 Å². The van der Waals surface area contributed by atoms with Crippen LogP contribution in [0.5, 0.6) is 11.5 Å². The Labute approximate surface area is 179 Å². The number of carbonyl (C=O) groups excluding carboxylic acids is 1. The number of carbonyl (C=O) groups is 1. The maximum atomic E-state index is 12.4. The first-order chi connectivity index (χ1) is 14.3. The lowest BCUT2D eigenvalue weighted by Crippen LogP contribution is -2.33. The van der Waals surface area contributed by atoms with Gasteiger partial charge in [-0.3, -0.25) is 9.10 Å². The zero-order chi connectivity index (χ0) is 22.1. The standard InChI is InChI=1S/C22H30N2O5S/c1-5-21(17-8-12-19(28-2)13-9-17)23-22(25)7-6-16-24(30(4,26)27)18-10-14-20(29-3)15-11-18/h8-15,21H,5-7,16H2,1-4H3,(H,23,25). The molecule has 0 aliphatic rings. The van der Waals surface area contributed by atoms with Crippen LogP contribution < -0.4 is 19.1 Å². The molecule has 0 saturated carbocycles. The van der Waals surface area contributed by atoms with Crippen LogP contribution in [0.2, 0.25) is 0 Å². The number of nitrogens with one attached hydrogen (secondary N) is 1. The Balaban J connectivity index is 1.95. The van der Waals surface area contributed by atoms with Crippen molar-refractivity contribution < 1.29 is 22.7 Å². The van der Waals surface area contributed by atoms with Crippen molar-refractivity contribution in [1.82, 2.24) is 5.32 Å². The fourth-order valence-corrected chi connectivity index (χ4v) is 4.11. The van der Waals surface area contributed by atoms with Crippen molar-refractivity contribution in [2.75, 3.05) is 31.3 Å². The first-order valence-electron chi connectivity index (χ1n) is 9.83. The predicted octanol–water partition coefficient (Wildman–Crippen LogP) is 3.52. The first-order valence-corrected chi connectivity index (χ1v) is 11.7. The van der Waals surface area contributed by atoms with E-state index in [0.717, 1.165) is 24.0 Å². The maximum absolute atomic E-state index is 12.4. The second-order valence-corrected chi connectivity index (χ2v) is 8.85. The van der Waals surface area contributed by atoms with E-state index in [2.05, 4.69) is 5.32 Å². The Morgan fingerprint density at radius 3 is 2.00 bits per heavy atom. The predicted molar refractivity (Wildman–Crippen MR) is 119 cm³/mol. The Bertz CT molecular complexity index is 912. The van der Waals surface area contributed by atoms with E-state index in [-0.39, 0.29) is 24.9 Å². The van der Waals surface area contributed by atoms with Gasteiger partial charge in [0, 0.05) is 13.0 Å². The van der Waals surface area contributed by atoms with Crippen LogP contribution in [0.25, 0.3) is 0 Å². The molecule has 0 saturated heterocycles. The van der Waals surface area contributed by atoms with E-state index in [9.17, 15) is 13.2 Å². The lowest BCUT2D eigenvalue weighted by atomic mass is 10.0. The average Bonchev–Trinajstić information content (AvgIpc) is 2.74. The lowest BCUT2D eigenvalue weighted by molar-refractivity contribution is -0.121. The summed E-state index contributed by atoms with van der Waals surface area (Å²) in [6.07, 6.45) is 2.55. The molecule has 2 aromatic rings. The molecular weight excluding hydrogens is 404 g/mol. The minimum Gasteiger partial charge on any atom is -0.497 e. The number of sulfonamides is 1. The fourth-order valence-electron chi connectivity index (χ4n) is 3.14. The van der Waals surface area contributed by atoms with Crippen LogP contribution in [0, 0.1) is 0 Å². The summed E-state index contributed by atoms with van der Waals surface area (Å²) in [5, 5.41) is 3.02. The molecule has 0 heterocycles. The molecule has 7 nitrogen and oxygen atoms in total. The molecule has 30 heavy (non-hydrogen) atoms. The molecule has 0 radical (unpaired) electrons. The van der Waals surface area contributed by atoms with Crippen molar-refractivity contribution in [3.63, 3.8) is 0 Å². The minimum atomic E-state index is -3.46. The molecule has 164 valence electrons. The molecule has 1 amide bonds. The van der Waals surface area contributed by atoms with Gasteiger partial charge in [-0.25, -0.2) is 8.42 Å². The van der Waals surface area contributed by atoms with Crippen LogP contribution >= 0.6 is 0 Å². The molecular formula is C22H30N2O5S. The summed E-state index contributed by atoms with van der Waals surface area (Å²) in [7, 11) is -0.300. The highest BCUT2D eigenvalue weighted by Gasteiger charge is 2.18. The fraction of sp³-hybridized carbons (Fsp3) is 0.409. The first kappa shape index (κ1) is 23.5. The molecule has 0 bridgehead atoms. The Morgan fingerprint density at radius 2 is 1.53 bits per heavy atom. The van der Waals surface area contributed by atoms with Gasteiger partial charge in [0.2, 0.25) is 15.9 Å². The largest absolute Gasteiger partial charge is 0.497 e. The van der Waals surface area contributed by atoms with Crippen molar-refractivity contribution in [3.05, 3.63) is 54.1 Å². The quantitative estimate of drug-likeness (QED) is 0.585. The number of anilines is 1. The zero-order valence-electron chi connectivity index (χ0n) is 17.9. The minimum absolute atomic E-state index is 0.101. The van der Waals surface area contributed by atoms with Crippen molar-refractivity contribution in [3.8, 4) is 11.5 Å². The summed E-state index contributed by atoms with van der Waals surface area (Å²) >= 11 is 0. The summed E-state index contributed by atoms with van der Waals surface area (Å²) in [6.45, 7) is 2.22. The zero-order valence-corrected chi connectivity index (χ0v) is 18.7. The third-order valence-electron chi connectivity index (χ3n) is 4.79. The van der Waals surface area contributed by atoms with E-state index in [0.29, 0.717) is 17.9 Å². The van der Waals surface area contributed by atoms with Gasteiger partial charge < -0.3 is 14.8 Å². The van der Waals surface area contributed by atoms with Gasteiger partial charge in [-0.1, -0.05) is 19.1 Å². The van der Waals surface area contributed by atoms with Gasteiger partial charge in [-0.15, -0.1) is 0 Å². The number of nitrogens with zero attached hydrogens (tertiary/aromatic N) is 1. The number of benzene rings is 2. The van der Waals surface area contributed by atoms with Gasteiger partial charge in [0.05, 0.1) is 32.2 Å². The average molecular weight is 435 g/mol. The number of methoxy groups -OCH3 is 2. The summed E-state index contributed by atoms with van der Waals surface area (Å²) in [5.41, 5.74) is 1.55.